The van der Waals surface area contributed by atoms with Crippen LogP contribution in [0.5, 0.6) is 0 Å². The first-order valence-corrected chi connectivity index (χ1v) is 25.6. The third-order valence-corrected chi connectivity index (χ3v) is 19.0. The molecule has 0 nitrogen and oxygen atoms in total. The summed E-state index contributed by atoms with van der Waals surface area (Å²) < 4.78 is 0.806. The first-order chi connectivity index (χ1) is 29.1. The topological polar surface area (TPSA) is 0 Å². The van der Waals surface area contributed by atoms with Gasteiger partial charge in [0.25, 0.3) is 0 Å². The number of fused-ring (bicyclic) bond motifs is 2. The number of hydrogen-bond donors (Lipinski definition) is 0. The van der Waals surface area contributed by atoms with Crippen molar-refractivity contribution >= 4 is 46.0 Å². The summed E-state index contributed by atoms with van der Waals surface area (Å²) in [6.07, 6.45) is 9.74. The number of rotatable bonds is 12. The molecule has 300 valence electrons. The van der Waals surface area contributed by atoms with E-state index in [9.17, 15) is 0 Å². The average Bonchev–Trinajstić information content (AvgIpc) is 4.11. The maximum atomic E-state index is 2.59. The summed E-state index contributed by atoms with van der Waals surface area (Å²) in [6.45, 7) is 4.52. The summed E-state index contributed by atoms with van der Waals surface area (Å²) in [7, 11) is 0. The molecule has 2 aliphatic rings. The van der Waals surface area contributed by atoms with Crippen LogP contribution in [0.25, 0.3) is 66.4 Å². The van der Waals surface area contributed by atoms with E-state index < -0.39 is 23.2 Å². The Kier molecular flexibility index (Phi) is 13.8. The normalized spacial score (nSPS) is 14.9. The molecule has 0 saturated carbocycles. The maximum Gasteiger partial charge on any atom is -1.00 e. The number of benzene rings is 6. The van der Waals surface area contributed by atoms with E-state index in [1.165, 1.54) is 97.4 Å². The van der Waals surface area contributed by atoms with Crippen LogP contribution in [0.15, 0.2) is 170 Å². The smallest absolute Gasteiger partial charge is 1.00 e. The molecule has 0 fully saturated rings. The van der Waals surface area contributed by atoms with E-state index in [0.29, 0.717) is 7.25 Å². The molecule has 6 aromatic carbocycles. The van der Waals surface area contributed by atoms with Crippen LogP contribution in [-0.2, 0) is 36.1 Å². The first kappa shape index (κ1) is 43.3. The molecule has 2 heterocycles. The van der Waals surface area contributed by atoms with Gasteiger partial charge in [-0.05, 0) is 0 Å². The third kappa shape index (κ3) is 8.71. The summed E-state index contributed by atoms with van der Waals surface area (Å²) >= 11 is 2.61. The van der Waals surface area contributed by atoms with Gasteiger partial charge in [0, 0.05) is 0 Å². The van der Waals surface area contributed by atoms with E-state index in [1.807, 2.05) is 22.7 Å². The monoisotopic (exact) mass is 942 g/mol. The van der Waals surface area contributed by atoms with Gasteiger partial charge in [-0.1, -0.05) is 0 Å². The Morgan fingerprint density at radius 2 is 0.787 bits per heavy atom. The summed E-state index contributed by atoms with van der Waals surface area (Å²) in [5, 5.41) is 0. The van der Waals surface area contributed by atoms with Crippen molar-refractivity contribution in [3.8, 4) is 43.1 Å². The van der Waals surface area contributed by atoms with E-state index >= 15 is 0 Å². The molecule has 0 N–H and O–H groups in total. The van der Waals surface area contributed by atoms with Crippen LogP contribution in [0.1, 0.15) is 77.1 Å². The zero-order valence-corrected chi connectivity index (χ0v) is 40.0. The Hall–Kier alpha value is -4.34. The third-order valence-electron chi connectivity index (χ3n) is 12.0. The van der Waals surface area contributed by atoms with Gasteiger partial charge in [-0.3, -0.25) is 0 Å². The van der Waals surface area contributed by atoms with Crippen LogP contribution in [0, 0.1) is 0 Å². The minimum atomic E-state index is -1.30. The molecular weight excluding hydrogens is 899 g/mol. The van der Waals surface area contributed by atoms with Crippen molar-refractivity contribution in [3.05, 3.63) is 213 Å². The minimum absolute atomic E-state index is 0. The number of aryl methyl sites for hydroxylation is 2. The fraction of sp³-hybridized carbons (Fsp3) is 0.143. The van der Waals surface area contributed by atoms with Crippen molar-refractivity contribution in [1.29, 1.82) is 0 Å². The molecule has 0 radical (unpaired) electrons. The van der Waals surface area contributed by atoms with Crippen molar-refractivity contribution in [2.75, 3.05) is 0 Å². The minimum Gasteiger partial charge on any atom is -1.00 e. The van der Waals surface area contributed by atoms with Gasteiger partial charge in [0.1, 0.15) is 0 Å². The molecule has 0 bridgehead atoms. The molecule has 2 unspecified atom stereocenters. The van der Waals surface area contributed by atoms with Crippen LogP contribution in [0.4, 0.5) is 0 Å². The number of halogens is 2. The largest absolute Gasteiger partial charge is 1.00 e. The van der Waals surface area contributed by atoms with Gasteiger partial charge in [0.2, 0.25) is 0 Å². The Balaban J connectivity index is 0.00000257. The molecule has 2 atom stereocenters. The summed E-state index contributed by atoms with van der Waals surface area (Å²) in [5.74, 6) is 0. The maximum absolute atomic E-state index is 2.59. The van der Waals surface area contributed by atoms with Gasteiger partial charge in [0.05, 0.1) is 0 Å². The molecule has 0 amide bonds. The molecule has 2 aliphatic carbocycles. The number of hydrogen-bond acceptors (Lipinski definition) is 2. The molecule has 2 aromatic heterocycles. The fourth-order valence-corrected chi connectivity index (χ4v) is 16.7. The Morgan fingerprint density at radius 1 is 0.393 bits per heavy atom. The SMILES string of the molecule is CCCc1ccc(-c2cccc3c2C=C(c2ccc(-c4ccccc4)s2)[CH]3[Zr+2][CH]2C(c3ccc(-c4ccccc4)s3)=Cc3c(-c4ccc(CCC)cc4)cccc32)cc1.[Cl-].[Cl-]. The average molecular weight is 945 g/mol. The molecule has 0 saturated heterocycles. The summed E-state index contributed by atoms with van der Waals surface area (Å²) in [6, 6.07) is 64.3. The fourth-order valence-electron chi connectivity index (χ4n) is 9.04. The van der Waals surface area contributed by atoms with Crippen molar-refractivity contribution in [1.82, 2.24) is 0 Å². The van der Waals surface area contributed by atoms with Crippen molar-refractivity contribution in [2.45, 2.75) is 46.8 Å². The Labute approximate surface area is 393 Å². The van der Waals surface area contributed by atoms with Gasteiger partial charge in [-0.25, -0.2) is 0 Å². The van der Waals surface area contributed by atoms with Crippen molar-refractivity contribution in [3.63, 3.8) is 0 Å². The van der Waals surface area contributed by atoms with E-state index in [-0.39, 0.29) is 24.8 Å². The van der Waals surface area contributed by atoms with Crippen LogP contribution in [0.2, 0.25) is 0 Å². The van der Waals surface area contributed by atoms with Crippen molar-refractivity contribution < 1.29 is 48.0 Å². The van der Waals surface area contributed by atoms with E-state index in [2.05, 4.69) is 196 Å². The van der Waals surface area contributed by atoms with Gasteiger partial charge in [-0.2, -0.15) is 0 Å². The molecule has 5 heteroatoms. The molecule has 61 heavy (non-hydrogen) atoms. The number of allylic oxidation sites excluding steroid dienone is 2. The van der Waals surface area contributed by atoms with Crippen LogP contribution in [-0.4, -0.2) is 0 Å². The first-order valence-electron chi connectivity index (χ1n) is 21.1. The molecule has 0 spiro atoms. The Morgan fingerprint density at radius 3 is 1.18 bits per heavy atom. The van der Waals surface area contributed by atoms with E-state index in [4.69, 9.17) is 0 Å². The Bertz CT molecular complexity index is 2620. The van der Waals surface area contributed by atoms with E-state index in [1.54, 1.807) is 0 Å². The zero-order chi connectivity index (χ0) is 39.7. The second-order valence-electron chi connectivity index (χ2n) is 15.8. The predicted octanol–water partition coefficient (Wildman–Crippen LogP) is 10.4. The zero-order valence-electron chi connectivity index (χ0n) is 34.4. The molecular formula is C56H46Cl2S2Zr. The summed E-state index contributed by atoms with van der Waals surface area (Å²) in [5.41, 5.74) is 19.6. The predicted molar refractivity (Wildman–Crippen MR) is 252 cm³/mol. The van der Waals surface area contributed by atoms with Gasteiger partial charge in [-0.15, -0.1) is 0 Å². The summed E-state index contributed by atoms with van der Waals surface area (Å²) in [4.78, 5) is 5.48. The number of thiophene rings is 2. The second-order valence-corrected chi connectivity index (χ2v) is 21.6. The van der Waals surface area contributed by atoms with Crippen LogP contribution >= 0.6 is 22.7 Å². The quantitative estimate of drug-likeness (QED) is 0.115. The molecule has 10 rings (SSSR count). The van der Waals surface area contributed by atoms with Gasteiger partial charge < -0.3 is 24.8 Å². The molecule has 8 aromatic rings. The van der Waals surface area contributed by atoms with E-state index in [0.717, 1.165) is 25.7 Å². The van der Waals surface area contributed by atoms with Gasteiger partial charge >= 0.3 is 372 Å². The van der Waals surface area contributed by atoms with Crippen molar-refractivity contribution in [2.24, 2.45) is 0 Å². The van der Waals surface area contributed by atoms with Crippen LogP contribution in [0.3, 0.4) is 0 Å². The second kappa shape index (κ2) is 19.4. The van der Waals surface area contributed by atoms with Gasteiger partial charge in [0.15, 0.2) is 0 Å². The van der Waals surface area contributed by atoms with Crippen LogP contribution < -0.4 is 24.8 Å². The molecule has 0 aliphatic heterocycles. The standard InChI is InChI=1S/2C28H23S.2ClH.Zr/c2*1-2-7-20-12-14-21(15-13-20)25-11-6-10-23-18-24(19-26(23)25)28-17-16-27(29-28)22-8-4-3-5-9-22;;;/h2*3-6,8-19H,2,7H2,1H3;2*1H;/q;;;;+2/p-2.